The lowest BCUT2D eigenvalue weighted by Crippen LogP contribution is -2.38. The molecule has 27 heavy (non-hydrogen) atoms. The van der Waals surface area contributed by atoms with Crippen molar-refractivity contribution in [3.63, 3.8) is 0 Å². The summed E-state index contributed by atoms with van der Waals surface area (Å²) in [6.45, 7) is 4.45. The molecule has 2 heterocycles. The minimum atomic E-state index is -0.544. The Labute approximate surface area is 157 Å². The van der Waals surface area contributed by atoms with Gasteiger partial charge < -0.3 is 5.32 Å². The molecule has 2 N–H and O–H groups in total. The van der Waals surface area contributed by atoms with Crippen molar-refractivity contribution in [2.75, 3.05) is 0 Å². The summed E-state index contributed by atoms with van der Waals surface area (Å²) in [6.07, 6.45) is 6.18. The Kier molecular flexibility index (Phi) is 4.61. The fourth-order valence-corrected chi connectivity index (χ4v) is 4.02. The molecule has 0 radical (unpaired) electrons. The minimum Gasteiger partial charge on any atom is -0.349 e. The second-order valence-corrected chi connectivity index (χ2v) is 8.00. The second kappa shape index (κ2) is 6.94. The summed E-state index contributed by atoms with van der Waals surface area (Å²) in [5.41, 5.74) is 0.430. The van der Waals surface area contributed by atoms with E-state index in [2.05, 4.69) is 22.2 Å². The summed E-state index contributed by atoms with van der Waals surface area (Å²) >= 11 is 0. The van der Waals surface area contributed by atoms with Crippen molar-refractivity contribution in [2.45, 2.75) is 70.9 Å². The van der Waals surface area contributed by atoms with Crippen LogP contribution >= 0.6 is 0 Å². The van der Waals surface area contributed by atoms with E-state index in [1.165, 1.54) is 4.57 Å². The average Bonchev–Trinajstić information content (AvgIpc) is 3.48. The summed E-state index contributed by atoms with van der Waals surface area (Å²) < 4.78 is 1.43. The smallest absolute Gasteiger partial charge is 0.329 e. The van der Waals surface area contributed by atoms with E-state index in [0.717, 1.165) is 44.2 Å². The summed E-state index contributed by atoms with van der Waals surface area (Å²) in [4.78, 5) is 44.7. The molecule has 0 aromatic carbocycles. The van der Waals surface area contributed by atoms with Crippen LogP contribution in [-0.4, -0.2) is 26.5 Å². The highest BCUT2D eigenvalue weighted by Crippen LogP contribution is 2.40. The van der Waals surface area contributed by atoms with Gasteiger partial charge in [-0.25, -0.2) is 9.78 Å². The van der Waals surface area contributed by atoms with Crippen LogP contribution in [0.1, 0.15) is 74.3 Å². The standard InChI is InChI=1S/C20H26N4O3/c1-3-24-17-16(19(26)23-20(24)27)14(10-15(22-17)12-6-7-12)18(25)21-13-8-4-11(2)5-9-13/h10-13H,3-9H2,1-2H3,(H,21,25)(H,23,26,27). The van der Waals surface area contributed by atoms with Gasteiger partial charge in [0.15, 0.2) is 5.65 Å². The second-order valence-electron chi connectivity index (χ2n) is 8.00. The Morgan fingerprint density at radius 2 is 1.93 bits per heavy atom. The molecule has 2 aliphatic carbocycles. The monoisotopic (exact) mass is 370 g/mol. The predicted octanol–water partition coefficient (Wildman–Crippen LogP) is 2.29. The van der Waals surface area contributed by atoms with Crippen LogP contribution in [0.3, 0.4) is 0 Å². The number of pyridine rings is 1. The number of carbonyl (C=O) groups is 1. The molecule has 0 aliphatic heterocycles. The first kappa shape index (κ1) is 17.9. The Bertz CT molecular complexity index is 995. The van der Waals surface area contributed by atoms with Gasteiger partial charge in [0.25, 0.3) is 11.5 Å². The molecule has 0 saturated heterocycles. The molecule has 7 heteroatoms. The molecule has 144 valence electrons. The average molecular weight is 370 g/mol. The number of carbonyl (C=O) groups excluding carboxylic acids is 1. The minimum absolute atomic E-state index is 0.137. The number of hydrogen-bond acceptors (Lipinski definition) is 4. The van der Waals surface area contributed by atoms with E-state index in [0.29, 0.717) is 29.6 Å². The molecule has 0 unspecified atom stereocenters. The Morgan fingerprint density at radius 3 is 2.56 bits per heavy atom. The van der Waals surface area contributed by atoms with Crippen molar-refractivity contribution in [1.29, 1.82) is 0 Å². The van der Waals surface area contributed by atoms with Gasteiger partial charge in [-0.05, 0) is 57.4 Å². The summed E-state index contributed by atoms with van der Waals surface area (Å²) in [7, 11) is 0. The van der Waals surface area contributed by atoms with Crippen molar-refractivity contribution < 1.29 is 4.79 Å². The van der Waals surface area contributed by atoms with Gasteiger partial charge in [-0.3, -0.25) is 19.1 Å². The largest absolute Gasteiger partial charge is 0.349 e. The van der Waals surface area contributed by atoms with E-state index < -0.39 is 11.2 Å². The number of nitrogens with zero attached hydrogens (tertiary/aromatic N) is 2. The summed E-state index contributed by atoms with van der Waals surface area (Å²) in [5.74, 6) is 0.773. The zero-order valence-electron chi connectivity index (χ0n) is 15.9. The van der Waals surface area contributed by atoms with E-state index in [1.54, 1.807) is 6.07 Å². The van der Waals surface area contributed by atoms with Crippen LogP contribution in [0.5, 0.6) is 0 Å². The highest BCUT2D eigenvalue weighted by Gasteiger charge is 2.29. The number of amides is 1. The third-order valence-corrected chi connectivity index (χ3v) is 5.88. The van der Waals surface area contributed by atoms with Gasteiger partial charge in [0.2, 0.25) is 0 Å². The van der Waals surface area contributed by atoms with Gasteiger partial charge in [0, 0.05) is 24.2 Å². The van der Waals surface area contributed by atoms with Crippen molar-refractivity contribution in [2.24, 2.45) is 5.92 Å². The molecule has 4 rings (SSSR count). The molecule has 1 amide bonds. The van der Waals surface area contributed by atoms with Crippen LogP contribution in [-0.2, 0) is 6.54 Å². The number of fused-ring (bicyclic) bond motifs is 1. The number of rotatable bonds is 4. The third kappa shape index (κ3) is 3.42. The Balaban J connectivity index is 1.80. The molecule has 2 aliphatic rings. The van der Waals surface area contributed by atoms with Gasteiger partial charge in [-0.2, -0.15) is 0 Å². The molecular formula is C20H26N4O3. The number of aryl methyl sites for hydroxylation is 1. The fraction of sp³-hybridized carbons (Fsp3) is 0.600. The first-order chi connectivity index (χ1) is 13.0. The van der Waals surface area contributed by atoms with E-state index in [4.69, 9.17) is 0 Å². The Morgan fingerprint density at radius 1 is 1.22 bits per heavy atom. The van der Waals surface area contributed by atoms with Gasteiger partial charge >= 0.3 is 5.69 Å². The van der Waals surface area contributed by atoms with Crippen LogP contribution in [0.2, 0.25) is 0 Å². The maximum absolute atomic E-state index is 13.1. The van der Waals surface area contributed by atoms with Gasteiger partial charge in [0.05, 0.1) is 10.9 Å². The SMILES string of the molecule is CCn1c(=O)[nH]c(=O)c2c(C(=O)NC3CCC(C)CC3)cc(C3CC3)nc21. The third-order valence-electron chi connectivity index (χ3n) is 5.88. The van der Waals surface area contributed by atoms with E-state index in [-0.39, 0.29) is 17.3 Å². The van der Waals surface area contributed by atoms with Crippen LogP contribution < -0.4 is 16.6 Å². The summed E-state index contributed by atoms with van der Waals surface area (Å²) in [6, 6.07) is 1.89. The normalized spacial score (nSPS) is 22.7. The molecule has 2 saturated carbocycles. The predicted molar refractivity (Wildman–Crippen MR) is 103 cm³/mol. The van der Waals surface area contributed by atoms with E-state index in [9.17, 15) is 14.4 Å². The zero-order chi connectivity index (χ0) is 19.1. The van der Waals surface area contributed by atoms with E-state index in [1.807, 2.05) is 6.92 Å². The molecule has 7 nitrogen and oxygen atoms in total. The van der Waals surface area contributed by atoms with Gasteiger partial charge in [-0.15, -0.1) is 0 Å². The summed E-state index contributed by atoms with van der Waals surface area (Å²) in [5, 5.41) is 3.32. The quantitative estimate of drug-likeness (QED) is 0.863. The molecule has 0 bridgehead atoms. The Hall–Kier alpha value is -2.44. The number of aromatic nitrogens is 3. The van der Waals surface area contributed by atoms with Crippen molar-refractivity contribution in [3.8, 4) is 0 Å². The molecule has 0 atom stereocenters. The highest BCUT2D eigenvalue weighted by atomic mass is 16.2. The van der Waals surface area contributed by atoms with Crippen LogP contribution in [0.15, 0.2) is 15.7 Å². The first-order valence-electron chi connectivity index (χ1n) is 9.96. The number of nitrogens with one attached hydrogen (secondary N) is 2. The van der Waals surface area contributed by atoms with Crippen LogP contribution in [0.4, 0.5) is 0 Å². The van der Waals surface area contributed by atoms with E-state index >= 15 is 0 Å². The molecular weight excluding hydrogens is 344 g/mol. The lowest BCUT2D eigenvalue weighted by atomic mass is 9.87. The topological polar surface area (TPSA) is 96.9 Å². The lowest BCUT2D eigenvalue weighted by molar-refractivity contribution is 0.0924. The highest BCUT2D eigenvalue weighted by molar-refractivity contribution is 6.05. The maximum Gasteiger partial charge on any atom is 0.329 e. The van der Waals surface area contributed by atoms with Gasteiger partial charge in [0.1, 0.15) is 0 Å². The molecule has 0 spiro atoms. The van der Waals surface area contributed by atoms with Crippen LogP contribution in [0.25, 0.3) is 11.0 Å². The number of H-pyrrole nitrogens is 1. The van der Waals surface area contributed by atoms with Gasteiger partial charge in [-0.1, -0.05) is 6.92 Å². The first-order valence-corrected chi connectivity index (χ1v) is 9.96. The van der Waals surface area contributed by atoms with Crippen molar-refractivity contribution in [3.05, 3.63) is 38.2 Å². The molecule has 2 aromatic rings. The molecule has 2 aromatic heterocycles. The fourth-order valence-electron chi connectivity index (χ4n) is 4.02. The number of aromatic amines is 1. The van der Waals surface area contributed by atoms with Crippen LogP contribution in [0, 0.1) is 5.92 Å². The van der Waals surface area contributed by atoms with Crippen molar-refractivity contribution in [1.82, 2.24) is 19.9 Å². The zero-order valence-corrected chi connectivity index (χ0v) is 15.9. The van der Waals surface area contributed by atoms with Crippen molar-refractivity contribution >= 4 is 16.9 Å². The number of hydrogen-bond donors (Lipinski definition) is 2. The molecule has 2 fully saturated rings. The lowest BCUT2D eigenvalue weighted by Gasteiger charge is -2.27. The maximum atomic E-state index is 13.1.